The molecule has 0 aliphatic carbocycles. The fraction of sp³-hybridized carbons (Fsp3) is 0.333. The molecule has 4 nitrogen and oxygen atoms in total. The molecule has 90 valence electrons. The van der Waals surface area contributed by atoms with Crippen LogP contribution in [0.15, 0.2) is 18.2 Å². The van der Waals surface area contributed by atoms with Crippen molar-refractivity contribution in [2.45, 2.75) is 19.9 Å². The third-order valence-corrected chi connectivity index (χ3v) is 2.93. The number of aliphatic carboxylic acids is 1. The average molecular weight is 253 g/mol. The number of nitrogens with zero attached hydrogens (tertiary/aromatic N) is 1. The summed E-state index contributed by atoms with van der Waals surface area (Å²) in [6.07, 6.45) is 0. The highest BCUT2D eigenvalue weighted by Crippen LogP contribution is 2.24. The predicted molar refractivity (Wildman–Crippen MR) is 66.1 cm³/mol. The Morgan fingerprint density at radius 3 is 2.65 bits per heavy atom. The van der Waals surface area contributed by atoms with Crippen LogP contribution in [-0.4, -0.2) is 17.1 Å². The van der Waals surface area contributed by atoms with Gasteiger partial charge in [0.2, 0.25) is 0 Å². The molecule has 17 heavy (non-hydrogen) atoms. The Morgan fingerprint density at radius 2 is 2.18 bits per heavy atom. The third-order valence-electron chi connectivity index (χ3n) is 2.62. The summed E-state index contributed by atoms with van der Waals surface area (Å²) in [7, 11) is 0. The number of hydrogen-bond donors (Lipinski definition) is 2. The van der Waals surface area contributed by atoms with Gasteiger partial charge in [0.05, 0.1) is 28.3 Å². The molecule has 0 amide bonds. The maximum atomic E-state index is 10.8. The van der Waals surface area contributed by atoms with Crippen LogP contribution in [0, 0.1) is 17.2 Å². The van der Waals surface area contributed by atoms with Crippen molar-refractivity contribution in [2.24, 2.45) is 5.92 Å². The lowest BCUT2D eigenvalue weighted by Crippen LogP contribution is -2.29. The van der Waals surface area contributed by atoms with Gasteiger partial charge < -0.3 is 10.4 Å². The molecule has 1 rings (SSSR count). The molecule has 5 heteroatoms. The minimum absolute atomic E-state index is 0.252. The van der Waals surface area contributed by atoms with Crippen LogP contribution in [0.1, 0.15) is 19.4 Å². The smallest absolute Gasteiger partial charge is 0.308 e. The molecule has 0 fully saturated rings. The monoisotopic (exact) mass is 252 g/mol. The van der Waals surface area contributed by atoms with Crippen molar-refractivity contribution in [1.29, 1.82) is 5.26 Å². The first-order valence-corrected chi connectivity index (χ1v) is 5.52. The van der Waals surface area contributed by atoms with Crippen LogP contribution in [0.25, 0.3) is 0 Å². The van der Waals surface area contributed by atoms with Crippen molar-refractivity contribution in [1.82, 2.24) is 0 Å². The average Bonchev–Trinajstić information content (AvgIpc) is 2.30. The molecule has 2 atom stereocenters. The highest BCUT2D eigenvalue weighted by molar-refractivity contribution is 6.33. The van der Waals surface area contributed by atoms with Crippen LogP contribution in [0.3, 0.4) is 0 Å². The highest BCUT2D eigenvalue weighted by atomic mass is 35.5. The van der Waals surface area contributed by atoms with Crippen molar-refractivity contribution in [3.63, 3.8) is 0 Å². The number of carboxylic acid groups (broad SMARTS) is 1. The van der Waals surface area contributed by atoms with Crippen LogP contribution in [0.2, 0.25) is 5.02 Å². The van der Waals surface area contributed by atoms with Gasteiger partial charge in [-0.1, -0.05) is 11.6 Å². The van der Waals surface area contributed by atoms with E-state index in [0.29, 0.717) is 16.3 Å². The second-order valence-electron chi connectivity index (χ2n) is 3.87. The normalized spacial score (nSPS) is 13.5. The molecule has 0 bridgehead atoms. The zero-order valence-corrected chi connectivity index (χ0v) is 10.3. The Bertz CT molecular complexity index is 468. The van der Waals surface area contributed by atoms with E-state index in [1.54, 1.807) is 32.0 Å². The molecule has 2 unspecified atom stereocenters. The van der Waals surface area contributed by atoms with Gasteiger partial charge >= 0.3 is 5.97 Å². The molecule has 1 aromatic carbocycles. The van der Waals surface area contributed by atoms with Gasteiger partial charge in [0, 0.05) is 6.04 Å². The Labute approximate surface area is 105 Å². The number of halogens is 1. The molecule has 0 saturated carbocycles. The second-order valence-corrected chi connectivity index (χ2v) is 4.27. The molecule has 0 radical (unpaired) electrons. The molecular weight excluding hydrogens is 240 g/mol. The van der Waals surface area contributed by atoms with E-state index >= 15 is 0 Å². The number of carbonyl (C=O) groups is 1. The van der Waals surface area contributed by atoms with Crippen LogP contribution in [0.4, 0.5) is 5.69 Å². The summed E-state index contributed by atoms with van der Waals surface area (Å²) in [4.78, 5) is 10.8. The predicted octanol–water partition coefficient (Wildman–Crippen LogP) is 2.73. The van der Waals surface area contributed by atoms with E-state index in [9.17, 15) is 4.79 Å². The maximum absolute atomic E-state index is 10.8. The summed E-state index contributed by atoms with van der Waals surface area (Å²) in [5, 5.41) is 21.0. The molecule has 0 aliphatic rings. The topological polar surface area (TPSA) is 73.1 Å². The number of carboxylic acids is 1. The zero-order chi connectivity index (χ0) is 13.0. The van der Waals surface area contributed by atoms with Gasteiger partial charge in [0.15, 0.2) is 0 Å². The Kier molecular flexibility index (Phi) is 4.36. The van der Waals surface area contributed by atoms with Crippen molar-refractivity contribution < 1.29 is 9.90 Å². The lowest BCUT2D eigenvalue weighted by Gasteiger charge is -2.19. The molecule has 0 spiro atoms. The first kappa shape index (κ1) is 13.3. The number of rotatable bonds is 4. The van der Waals surface area contributed by atoms with Crippen LogP contribution >= 0.6 is 11.6 Å². The van der Waals surface area contributed by atoms with Gasteiger partial charge in [-0.05, 0) is 32.0 Å². The number of nitrogens with one attached hydrogen (secondary N) is 1. The number of benzene rings is 1. The fourth-order valence-corrected chi connectivity index (χ4v) is 1.52. The summed E-state index contributed by atoms with van der Waals surface area (Å²) in [5.41, 5.74) is 1.10. The van der Waals surface area contributed by atoms with Gasteiger partial charge in [-0.25, -0.2) is 0 Å². The van der Waals surface area contributed by atoms with Crippen LogP contribution in [-0.2, 0) is 4.79 Å². The first-order valence-electron chi connectivity index (χ1n) is 5.14. The summed E-state index contributed by atoms with van der Waals surface area (Å²) in [5.74, 6) is -1.39. The summed E-state index contributed by atoms with van der Waals surface area (Å²) in [6.45, 7) is 3.39. The lowest BCUT2D eigenvalue weighted by molar-refractivity contribution is -0.141. The lowest BCUT2D eigenvalue weighted by atomic mass is 10.0. The summed E-state index contributed by atoms with van der Waals surface area (Å²) in [6, 6.07) is 6.58. The molecule has 2 N–H and O–H groups in total. The molecule has 0 heterocycles. The number of nitriles is 1. The minimum atomic E-state index is -0.866. The van der Waals surface area contributed by atoms with Crippen molar-refractivity contribution in [3.05, 3.63) is 28.8 Å². The second kappa shape index (κ2) is 5.55. The molecule has 1 aromatic rings. The van der Waals surface area contributed by atoms with Crippen molar-refractivity contribution in [2.75, 3.05) is 5.32 Å². The van der Waals surface area contributed by atoms with E-state index in [-0.39, 0.29) is 6.04 Å². The highest BCUT2D eigenvalue weighted by Gasteiger charge is 2.19. The van der Waals surface area contributed by atoms with Gasteiger partial charge in [0.25, 0.3) is 0 Å². The van der Waals surface area contributed by atoms with Crippen molar-refractivity contribution in [3.8, 4) is 6.07 Å². The third kappa shape index (κ3) is 3.36. The zero-order valence-electron chi connectivity index (χ0n) is 9.57. The maximum Gasteiger partial charge on any atom is 0.308 e. The summed E-state index contributed by atoms with van der Waals surface area (Å²) >= 11 is 5.98. The summed E-state index contributed by atoms with van der Waals surface area (Å²) < 4.78 is 0. The van der Waals surface area contributed by atoms with Crippen molar-refractivity contribution >= 4 is 23.3 Å². The van der Waals surface area contributed by atoms with E-state index in [4.69, 9.17) is 22.0 Å². The van der Waals surface area contributed by atoms with Crippen LogP contribution in [0.5, 0.6) is 0 Å². The largest absolute Gasteiger partial charge is 0.481 e. The van der Waals surface area contributed by atoms with E-state index in [1.807, 2.05) is 6.07 Å². The van der Waals surface area contributed by atoms with Gasteiger partial charge in [-0.3, -0.25) is 4.79 Å². The molecule has 0 aliphatic heterocycles. The quantitative estimate of drug-likeness (QED) is 0.864. The SMILES string of the molecule is CC(Nc1ccc(C#N)cc1Cl)C(C)C(=O)O. The van der Waals surface area contributed by atoms with Gasteiger partial charge in [-0.15, -0.1) is 0 Å². The first-order chi connectivity index (χ1) is 7.95. The number of anilines is 1. The minimum Gasteiger partial charge on any atom is -0.481 e. The Morgan fingerprint density at radius 1 is 1.53 bits per heavy atom. The Hall–Kier alpha value is -1.73. The van der Waals surface area contributed by atoms with Gasteiger partial charge in [0.1, 0.15) is 0 Å². The van der Waals surface area contributed by atoms with E-state index in [1.165, 1.54) is 0 Å². The van der Waals surface area contributed by atoms with E-state index < -0.39 is 11.9 Å². The number of hydrogen-bond acceptors (Lipinski definition) is 3. The Balaban J connectivity index is 2.82. The molecule has 0 saturated heterocycles. The standard InChI is InChI=1S/C12H13ClN2O2/c1-7(12(16)17)8(2)15-11-4-3-9(6-14)5-10(11)13/h3-5,7-8,15H,1-2H3,(H,16,17). The van der Waals surface area contributed by atoms with Gasteiger partial charge in [-0.2, -0.15) is 5.26 Å². The van der Waals surface area contributed by atoms with E-state index in [2.05, 4.69) is 5.32 Å². The molecule has 0 aromatic heterocycles. The van der Waals surface area contributed by atoms with E-state index in [0.717, 1.165) is 0 Å². The van der Waals surface area contributed by atoms with Crippen LogP contribution < -0.4 is 5.32 Å². The molecular formula is C12H13ClN2O2. The fourth-order valence-electron chi connectivity index (χ4n) is 1.29.